The first-order valence-electron chi connectivity index (χ1n) is 8.89. The molecule has 27 heavy (non-hydrogen) atoms. The minimum Gasteiger partial charge on any atom is -0.321 e. The van der Waals surface area contributed by atoms with Crippen molar-refractivity contribution in [3.8, 4) is 0 Å². The minimum atomic E-state index is -3.54. The van der Waals surface area contributed by atoms with Crippen molar-refractivity contribution in [1.82, 2.24) is 13.7 Å². The monoisotopic (exact) mass is 384 g/mol. The Kier molecular flexibility index (Phi) is 4.67. The molecule has 0 aliphatic carbocycles. The molecule has 140 valence electrons. The Morgan fingerprint density at radius 3 is 2.63 bits per heavy atom. The van der Waals surface area contributed by atoms with E-state index in [0.29, 0.717) is 24.4 Å². The number of aromatic nitrogens is 2. The van der Waals surface area contributed by atoms with Crippen molar-refractivity contribution in [2.24, 2.45) is 0 Å². The largest absolute Gasteiger partial charge is 0.321 e. The molecule has 3 aromatic rings. The standard InChI is InChI=1S/C19H20N4O3S/c24-19(17-14-22-10-5-2-9-18(22)21-17)20-15-7-6-8-16(13-15)27(25,26)23-11-3-1-4-12-23/h2,5-10,13-14H,1,3-4,11-12H2,(H,20,24). The van der Waals surface area contributed by atoms with Crippen molar-refractivity contribution in [3.63, 3.8) is 0 Å². The molecular weight excluding hydrogens is 364 g/mol. The number of imidazole rings is 1. The van der Waals surface area contributed by atoms with Gasteiger partial charge >= 0.3 is 0 Å². The zero-order valence-electron chi connectivity index (χ0n) is 14.7. The van der Waals surface area contributed by atoms with E-state index in [1.807, 2.05) is 24.4 Å². The second-order valence-corrected chi connectivity index (χ2v) is 8.48. The normalized spacial score (nSPS) is 15.7. The quantitative estimate of drug-likeness (QED) is 0.750. The highest BCUT2D eigenvalue weighted by atomic mass is 32.2. The fourth-order valence-electron chi connectivity index (χ4n) is 3.23. The van der Waals surface area contributed by atoms with Gasteiger partial charge in [0.2, 0.25) is 10.0 Å². The van der Waals surface area contributed by atoms with Gasteiger partial charge in [0.25, 0.3) is 5.91 Å². The molecule has 8 heteroatoms. The van der Waals surface area contributed by atoms with Crippen LogP contribution in [0, 0.1) is 0 Å². The molecule has 4 rings (SSSR count). The molecular formula is C19H20N4O3S. The number of hydrogen-bond donors (Lipinski definition) is 1. The number of rotatable bonds is 4. The summed E-state index contributed by atoms with van der Waals surface area (Å²) < 4.78 is 28.9. The number of carbonyl (C=O) groups is 1. The maximum absolute atomic E-state index is 12.8. The van der Waals surface area contributed by atoms with E-state index in [0.717, 1.165) is 19.3 Å². The van der Waals surface area contributed by atoms with Crippen LogP contribution in [0.1, 0.15) is 29.8 Å². The Hall–Kier alpha value is -2.71. The van der Waals surface area contributed by atoms with E-state index in [2.05, 4.69) is 10.3 Å². The summed E-state index contributed by atoms with van der Waals surface area (Å²) in [5, 5.41) is 2.74. The lowest BCUT2D eigenvalue weighted by Crippen LogP contribution is -2.35. The molecule has 0 bridgehead atoms. The predicted octanol–water partition coefficient (Wildman–Crippen LogP) is 2.76. The fourth-order valence-corrected chi connectivity index (χ4v) is 4.79. The summed E-state index contributed by atoms with van der Waals surface area (Å²) in [7, 11) is -3.54. The third kappa shape index (κ3) is 3.58. The van der Waals surface area contributed by atoms with Gasteiger partial charge in [0.1, 0.15) is 11.3 Å². The van der Waals surface area contributed by atoms with Gasteiger partial charge in [0.15, 0.2) is 0 Å². The fraction of sp³-hybridized carbons (Fsp3) is 0.263. The number of fused-ring (bicyclic) bond motifs is 1. The molecule has 1 aliphatic heterocycles. The van der Waals surface area contributed by atoms with Gasteiger partial charge in [-0.1, -0.05) is 18.6 Å². The van der Waals surface area contributed by atoms with Crippen LogP contribution >= 0.6 is 0 Å². The summed E-state index contributed by atoms with van der Waals surface area (Å²) >= 11 is 0. The highest BCUT2D eigenvalue weighted by Crippen LogP contribution is 2.23. The Balaban J connectivity index is 1.56. The molecule has 0 saturated carbocycles. The molecule has 2 aromatic heterocycles. The van der Waals surface area contributed by atoms with Gasteiger partial charge in [0, 0.05) is 31.2 Å². The zero-order valence-corrected chi connectivity index (χ0v) is 15.5. The first-order chi connectivity index (χ1) is 13.0. The van der Waals surface area contributed by atoms with Crippen LogP contribution < -0.4 is 5.32 Å². The van der Waals surface area contributed by atoms with Crippen molar-refractivity contribution >= 4 is 27.3 Å². The van der Waals surface area contributed by atoms with E-state index in [-0.39, 0.29) is 16.5 Å². The van der Waals surface area contributed by atoms with Gasteiger partial charge in [-0.2, -0.15) is 4.31 Å². The molecule has 0 radical (unpaired) electrons. The average molecular weight is 384 g/mol. The van der Waals surface area contributed by atoms with Gasteiger partial charge in [-0.3, -0.25) is 4.79 Å². The molecule has 1 aromatic carbocycles. The second-order valence-electron chi connectivity index (χ2n) is 6.54. The number of hydrogen-bond acceptors (Lipinski definition) is 4. The Morgan fingerprint density at radius 1 is 1.04 bits per heavy atom. The van der Waals surface area contributed by atoms with E-state index in [1.165, 1.54) is 10.4 Å². The summed E-state index contributed by atoms with van der Waals surface area (Å²) in [5.74, 6) is -0.383. The van der Waals surface area contributed by atoms with Crippen molar-refractivity contribution in [1.29, 1.82) is 0 Å². The van der Waals surface area contributed by atoms with Crippen LogP contribution in [-0.2, 0) is 10.0 Å². The summed E-state index contributed by atoms with van der Waals surface area (Å²) in [6.07, 6.45) is 6.26. The van der Waals surface area contributed by atoms with E-state index in [1.54, 1.807) is 28.8 Å². The van der Waals surface area contributed by atoms with Crippen LogP contribution in [0.5, 0.6) is 0 Å². The number of anilines is 1. The molecule has 1 fully saturated rings. The molecule has 1 amide bonds. The zero-order chi connectivity index (χ0) is 18.9. The maximum Gasteiger partial charge on any atom is 0.275 e. The summed E-state index contributed by atoms with van der Waals surface area (Å²) in [4.78, 5) is 17.0. The van der Waals surface area contributed by atoms with E-state index >= 15 is 0 Å². The van der Waals surface area contributed by atoms with Crippen molar-refractivity contribution in [3.05, 3.63) is 60.6 Å². The number of pyridine rings is 1. The van der Waals surface area contributed by atoms with Crippen LogP contribution in [0.25, 0.3) is 5.65 Å². The smallest absolute Gasteiger partial charge is 0.275 e. The molecule has 1 aliphatic rings. The molecule has 1 saturated heterocycles. The maximum atomic E-state index is 12.8. The van der Waals surface area contributed by atoms with E-state index in [4.69, 9.17) is 0 Å². The number of nitrogens with one attached hydrogen (secondary N) is 1. The lowest BCUT2D eigenvalue weighted by molar-refractivity contribution is 0.102. The molecule has 7 nitrogen and oxygen atoms in total. The Bertz CT molecular complexity index is 1050. The van der Waals surface area contributed by atoms with Gasteiger partial charge in [0.05, 0.1) is 4.90 Å². The molecule has 1 N–H and O–H groups in total. The van der Waals surface area contributed by atoms with Crippen LogP contribution in [-0.4, -0.2) is 41.1 Å². The number of sulfonamides is 1. The highest BCUT2D eigenvalue weighted by Gasteiger charge is 2.26. The lowest BCUT2D eigenvalue weighted by atomic mass is 10.2. The summed E-state index contributed by atoms with van der Waals surface area (Å²) in [5.41, 5.74) is 1.37. The molecule has 3 heterocycles. The topological polar surface area (TPSA) is 83.8 Å². The first kappa shape index (κ1) is 17.7. The molecule has 0 atom stereocenters. The van der Waals surface area contributed by atoms with Crippen LogP contribution in [0.4, 0.5) is 5.69 Å². The number of amides is 1. The van der Waals surface area contributed by atoms with Crippen molar-refractivity contribution in [2.75, 3.05) is 18.4 Å². The summed E-state index contributed by atoms with van der Waals surface area (Å²) in [6.45, 7) is 1.08. The van der Waals surface area contributed by atoms with Gasteiger partial charge in [-0.25, -0.2) is 13.4 Å². The molecule has 0 unspecified atom stereocenters. The Labute approximate surface area is 157 Å². The Morgan fingerprint density at radius 2 is 1.85 bits per heavy atom. The van der Waals surface area contributed by atoms with Crippen molar-refractivity contribution < 1.29 is 13.2 Å². The number of carbonyl (C=O) groups excluding carboxylic acids is 1. The van der Waals surface area contributed by atoms with E-state index in [9.17, 15) is 13.2 Å². The van der Waals surface area contributed by atoms with Crippen molar-refractivity contribution in [2.45, 2.75) is 24.2 Å². The van der Waals surface area contributed by atoms with Crippen LogP contribution in [0.2, 0.25) is 0 Å². The number of piperidine rings is 1. The lowest BCUT2D eigenvalue weighted by Gasteiger charge is -2.26. The summed E-state index contributed by atoms with van der Waals surface area (Å²) in [6, 6.07) is 11.9. The third-order valence-electron chi connectivity index (χ3n) is 4.64. The first-order valence-corrected chi connectivity index (χ1v) is 10.3. The van der Waals surface area contributed by atoms with Gasteiger partial charge in [-0.15, -0.1) is 0 Å². The van der Waals surface area contributed by atoms with Crippen LogP contribution in [0.15, 0.2) is 59.8 Å². The minimum absolute atomic E-state index is 0.192. The second kappa shape index (κ2) is 7.13. The predicted molar refractivity (Wildman–Crippen MR) is 102 cm³/mol. The average Bonchev–Trinajstić information content (AvgIpc) is 3.13. The highest BCUT2D eigenvalue weighted by molar-refractivity contribution is 7.89. The third-order valence-corrected chi connectivity index (χ3v) is 6.54. The van der Waals surface area contributed by atoms with Crippen LogP contribution in [0.3, 0.4) is 0 Å². The van der Waals surface area contributed by atoms with Gasteiger partial charge in [-0.05, 0) is 43.2 Å². The number of nitrogens with zero attached hydrogens (tertiary/aromatic N) is 3. The SMILES string of the molecule is O=C(Nc1cccc(S(=O)(=O)N2CCCCC2)c1)c1cn2ccccc2n1. The molecule has 0 spiro atoms. The van der Waals surface area contributed by atoms with E-state index < -0.39 is 10.0 Å². The number of benzene rings is 1. The van der Waals surface area contributed by atoms with Gasteiger partial charge < -0.3 is 9.72 Å².